The van der Waals surface area contributed by atoms with Crippen LogP contribution < -0.4 is 5.32 Å². The van der Waals surface area contributed by atoms with Crippen molar-refractivity contribution in [1.82, 2.24) is 10.2 Å². The first-order valence-electron chi connectivity index (χ1n) is 6.57. The predicted octanol–water partition coefficient (Wildman–Crippen LogP) is 1.02. The molecule has 0 saturated carbocycles. The zero-order valence-electron chi connectivity index (χ0n) is 10.6. The van der Waals surface area contributed by atoms with Crippen molar-refractivity contribution in [3.05, 3.63) is 29.3 Å². The van der Waals surface area contributed by atoms with Gasteiger partial charge in [-0.3, -0.25) is 9.59 Å². The number of phenolic OH excluding ortho intramolecular Hbond substituents is 1. The van der Waals surface area contributed by atoms with Crippen LogP contribution >= 0.6 is 0 Å². The van der Waals surface area contributed by atoms with E-state index >= 15 is 0 Å². The van der Waals surface area contributed by atoms with Gasteiger partial charge in [-0.1, -0.05) is 0 Å². The van der Waals surface area contributed by atoms with Crippen LogP contribution in [0.3, 0.4) is 0 Å². The summed E-state index contributed by atoms with van der Waals surface area (Å²) >= 11 is 0. The number of rotatable bonds is 1. The number of benzene rings is 1. The van der Waals surface area contributed by atoms with Crippen LogP contribution in [0.4, 0.5) is 0 Å². The fraction of sp³-hybridized carbons (Fsp3) is 0.429. The second-order valence-electron chi connectivity index (χ2n) is 5.08. The molecular formula is C14H16N2O3. The first-order valence-corrected chi connectivity index (χ1v) is 6.57. The maximum Gasteiger partial charge on any atom is 0.255 e. The lowest BCUT2D eigenvalue weighted by Crippen LogP contribution is -2.45. The lowest BCUT2D eigenvalue weighted by molar-refractivity contribution is -0.125. The number of amides is 2. The maximum absolute atomic E-state index is 12.3. The van der Waals surface area contributed by atoms with E-state index in [9.17, 15) is 14.7 Å². The SMILES string of the molecule is O=C1NCCCCC1N1Cc2cc(O)ccc2C1=O. The summed E-state index contributed by atoms with van der Waals surface area (Å²) in [6.45, 7) is 1.09. The number of hydrogen-bond donors (Lipinski definition) is 2. The summed E-state index contributed by atoms with van der Waals surface area (Å²) < 4.78 is 0. The van der Waals surface area contributed by atoms with Crippen LogP contribution in [0.1, 0.15) is 35.2 Å². The molecule has 0 spiro atoms. The Hall–Kier alpha value is -2.04. The standard InChI is InChI=1S/C14H16N2O3/c17-10-4-5-11-9(7-10)8-16(14(11)19)12-3-1-2-6-15-13(12)18/h4-5,7,12,17H,1-3,6,8H2,(H,15,18). The highest BCUT2D eigenvalue weighted by Crippen LogP contribution is 2.29. The molecule has 1 atom stereocenters. The van der Waals surface area contributed by atoms with E-state index in [1.807, 2.05) is 0 Å². The third-order valence-electron chi connectivity index (χ3n) is 3.80. The summed E-state index contributed by atoms with van der Waals surface area (Å²) in [7, 11) is 0. The summed E-state index contributed by atoms with van der Waals surface area (Å²) in [5.74, 6) is -0.0290. The number of hydrogen-bond acceptors (Lipinski definition) is 3. The molecule has 1 fully saturated rings. The van der Waals surface area contributed by atoms with E-state index < -0.39 is 0 Å². The van der Waals surface area contributed by atoms with Crippen molar-refractivity contribution < 1.29 is 14.7 Å². The molecule has 1 aromatic rings. The van der Waals surface area contributed by atoms with Gasteiger partial charge in [0, 0.05) is 18.7 Å². The van der Waals surface area contributed by atoms with Crippen molar-refractivity contribution in [1.29, 1.82) is 0 Å². The molecule has 0 aliphatic carbocycles. The Morgan fingerprint density at radius 3 is 2.95 bits per heavy atom. The van der Waals surface area contributed by atoms with Crippen LogP contribution in [-0.2, 0) is 11.3 Å². The van der Waals surface area contributed by atoms with Crippen molar-refractivity contribution in [3.8, 4) is 5.75 Å². The Balaban J connectivity index is 1.88. The van der Waals surface area contributed by atoms with Crippen LogP contribution in [0, 0.1) is 0 Å². The average Bonchev–Trinajstić information content (AvgIpc) is 2.57. The largest absolute Gasteiger partial charge is 0.508 e. The summed E-state index contributed by atoms with van der Waals surface area (Å²) in [5, 5.41) is 12.3. The van der Waals surface area contributed by atoms with Gasteiger partial charge in [0.05, 0.1) is 0 Å². The number of phenols is 1. The Bertz CT molecular complexity index is 541. The normalized spacial score (nSPS) is 22.9. The van der Waals surface area contributed by atoms with Crippen LogP contribution in [0.25, 0.3) is 0 Å². The van der Waals surface area contributed by atoms with Crippen LogP contribution in [0.2, 0.25) is 0 Å². The molecule has 2 amide bonds. The van der Waals surface area contributed by atoms with Gasteiger partial charge in [0.2, 0.25) is 5.91 Å². The molecule has 2 N–H and O–H groups in total. The molecular weight excluding hydrogens is 244 g/mol. The topological polar surface area (TPSA) is 69.6 Å². The Morgan fingerprint density at radius 1 is 1.26 bits per heavy atom. The average molecular weight is 260 g/mol. The van der Waals surface area contributed by atoms with E-state index in [1.54, 1.807) is 17.0 Å². The van der Waals surface area contributed by atoms with Crippen molar-refractivity contribution in [2.24, 2.45) is 0 Å². The van der Waals surface area contributed by atoms with Gasteiger partial charge in [0.15, 0.2) is 0 Å². The lowest BCUT2D eigenvalue weighted by Gasteiger charge is -2.25. The number of nitrogens with one attached hydrogen (secondary N) is 1. The number of fused-ring (bicyclic) bond motifs is 1. The van der Waals surface area contributed by atoms with Gasteiger partial charge in [-0.15, -0.1) is 0 Å². The minimum atomic E-state index is -0.385. The quantitative estimate of drug-likeness (QED) is 0.792. The third-order valence-corrected chi connectivity index (χ3v) is 3.80. The predicted molar refractivity (Wildman–Crippen MR) is 68.6 cm³/mol. The van der Waals surface area contributed by atoms with Crippen molar-refractivity contribution >= 4 is 11.8 Å². The second kappa shape index (κ2) is 4.57. The summed E-state index contributed by atoms with van der Waals surface area (Å²) in [4.78, 5) is 26.0. The molecule has 0 radical (unpaired) electrons. The Labute approximate surface area is 111 Å². The monoisotopic (exact) mass is 260 g/mol. The van der Waals surface area contributed by atoms with E-state index in [2.05, 4.69) is 5.32 Å². The fourth-order valence-electron chi connectivity index (χ4n) is 2.80. The van der Waals surface area contributed by atoms with Gasteiger partial charge in [0.1, 0.15) is 11.8 Å². The smallest absolute Gasteiger partial charge is 0.255 e. The molecule has 3 rings (SSSR count). The van der Waals surface area contributed by atoms with E-state index in [0.29, 0.717) is 25.1 Å². The molecule has 1 saturated heterocycles. The van der Waals surface area contributed by atoms with Gasteiger partial charge in [0.25, 0.3) is 5.91 Å². The molecule has 5 nitrogen and oxygen atoms in total. The molecule has 1 unspecified atom stereocenters. The molecule has 5 heteroatoms. The highest BCUT2D eigenvalue weighted by Gasteiger charge is 2.36. The second-order valence-corrected chi connectivity index (χ2v) is 5.08. The molecule has 1 aromatic carbocycles. The van der Waals surface area contributed by atoms with Gasteiger partial charge in [-0.2, -0.15) is 0 Å². The van der Waals surface area contributed by atoms with Gasteiger partial charge < -0.3 is 15.3 Å². The van der Waals surface area contributed by atoms with Gasteiger partial charge in [-0.25, -0.2) is 0 Å². The maximum atomic E-state index is 12.3. The fourth-order valence-corrected chi connectivity index (χ4v) is 2.80. The van der Waals surface area contributed by atoms with E-state index in [-0.39, 0.29) is 23.6 Å². The van der Waals surface area contributed by atoms with Gasteiger partial charge in [-0.05, 0) is 43.0 Å². The van der Waals surface area contributed by atoms with E-state index in [1.165, 1.54) is 6.07 Å². The molecule has 2 aliphatic rings. The summed E-state index contributed by atoms with van der Waals surface area (Å²) in [6.07, 6.45) is 2.60. The van der Waals surface area contributed by atoms with E-state index in [4.69, 9.17) is 0 Å². The molecule has 100 valence electrons. The molecule has 2 aliphatic heterocycles. The van der Waals surface area contributed by atoms with E-state index in [0.717, 1.165) is 18.4 Å². The summed E-state index contributed by atoms with van der Waals surface area (Å²) in [6, 6.07) is 4.35. The lowest BCUT2D eigenvalue weighted by atomic mass is 10.1. The minimum Gasteiger partial charge on any atom is -0.508 e. The molecule has 0 bridgehead atoms. The van der Waals surface area contributed by atoms with Crippen molar-refractivity contribution in [3.63, 3.8) is 0 Å². The van der Waals surface area contributed by atoms with Gasteiger partial charge >= 0.3 is 0 Å². The molecule has 2 heterocycles. The zero-order chi connectivity index (χ0) is 13.4. The third kappa shape index (κ3) is 2.05. The van der Waals surface area contributed by atoms with Crippen LogP contribution in [-0.4, -0.2) is 34.4 Å². The Morgan fingerprint density at radius 2 is 2.11 bits per heavy atom. The molecule has 19 heavy (non-hydrogen) atoms. The Kier molecular flexibility index (Phi) is 2.89. The molecule has 0 aromatic heterocycles. The zero-order valence-corrected chi connectivity index (χ0v) is 10.6. The number of carbonyl (C=O) groups is 2. The number of aromatic hydroxyl groups is 1. The minimum absolute atomic E-state index is 0.0668. The van der Waals surface area contributed by atoms with Crippen LogP contribution in [0.5, 0.6) is 5.75 Å². The van der Waals surface area contributed by atoms with Crippen molar-refractivity contribution in [2.75, 3.05) is 6.54 Å². The first kappa shape index (κ1) is 12.0. The summed E-state index contributed by atoms with van der Waals surface area (Å²) in [5.41, 5.74) is 1.39. The first-order chi connectivity index (χ1) is 9.16. The van der Waals surface area contributed by atoms with Crippen molar-refractivity contribution in [2.45, 2.75) is 31.8 Å². The highest BCUT2D eigenvalue weighted by molar-refractivity contribution is 6.01. The highest BCUT2D eigenvalue weighted by atomic mass is 16.3. The van der Waals surface area contributed by atoms with Crippen LogP contribution in [0.15, 0.2) is 18.2 Å². The number of carbonyl (C=O) groups excluding carboxylic acids is 2. The number of nitrogens with zero attached hydrogens (tertiary/aromatic N) is 1.